The summed E-state index contributed by atoms with van der Waals surface area (Å²) in [6, 6.07) is 13.0. The van der Waals surface area contributed by atoms with Crippen LogP contribution in [0.3, 0.4) is 0 Å². The van der Waals surface area contributed by atoms with E-state index in [4.69, 9.17) is 9.47 Å². The summed E-state index contributed by atoms with van der Waals surface area (Å²) >= 11 is 0. The number of esters is 2. The van der Waals surface area contributed by atoms with Crippen LogP contribution in [0.5, 0.6) is 0 Å². The van der Waals surface area contributed by atoms with Crippen molar-refractivity contribution in [3.8, 4) is 0 Å². The average molecular weight is 407 g/mol. The number of aryl methyl sites for hydroxylation is 2. The van der Waals surface area contributed by atoms with Crippen molar-refractivity contribution in [3.05, 3.63) is 80.8 Å². The minimum absolute atomic E-state index is 0.127. The van der Waals surface area contributed by atoms with E-state index in [0.717, 1.165) is 27.7 Å². The summed E-state index contributed by atoms with van der Waals surface area (Å²) in [4.78, 5) is 38.0. The van der Waals surface area contributed by atoms with E-state index >= 15 is 0 Å². The van der Waals surface area contributed by atoms with E-state index in [1.54, 1.807) is 13.8 Å². The molecule has 0 bridgehead atoms. The maximum Gasteiger partial charge on any atom is 0.342 e. The van der Waals surface area contributed by atoms with Crippen LogP contribution in [0.2, 0.25) is 0 Å². The molecule has 0 aliphatic rings. The molecule has 2 aromatic carbocycles. The number of benzene rings is 1. The lowest BCUT2D eigenvalue weighted by Crippen LogP contribution is -2.22. The van der Waals surface area contributed by atoms with Gasteiger partial charge in [-0.1, -0.05) is 30.3 Å². The number of ether oxygens (including phenoxy) is 2. The monoisotopic (exact) mass is 407 g/mol. The van der Waals surface area contributed by atoms with Gasteiger partial charge in [-0.15, -0.1) is 0 Å². The van der Waals surface area contributed by atoms with Gasteiger partial charge in [0.25, 0.3) is 0 Å². The Morgan fingerprint density at radius 3 is 1.73 bits per heavy atom. The first kappa shape index (κ1) is 21.3. The van der Waals surface area contributed by atoms with Crippen LogP contribution < -0.4 is 5.43 Å². The number of hydrogen-bond donors (Lipinski definition) is 0. The first-order valence-corrected chi connectivity index (χ1v) is 9.94. The minimum Gasteiger partial charge on any atom is -0.462 e. The van der Waals surface area contributed by atoms with Crippen LogP contribution in [0.15, 0.2) is 47.3 Å². The maximum atomic E-state index is 13.0. The fourth-order valence-corrected chi connectivity index (χ4v) is 3.59. The Morgan fingerprint density at radius 1 is 0.833 bits per heavy atom. The molecular formula is C24H25NO5. The third-order valence-electron chi connectivity index (χ3n) is 5.12. The van der Waals surface area contributed by atoms with Gasteiger partial charge in [0, 0.05) is 28.7 Å². The van der Waals surface area contributed by atoms with E-state index in [-0.39, 0.29) is 24.3 Å². The van der Waals surface area contributed by atoms with E-state index in [1.165, 1.54) is 12.1 Å². The standard InChI is InChI=1S/C24H25NO5/c1-5-29-23(27)20-12-18-15(3)25(14-17-10-8-7-9-11-17)16(4)19(18)13-21(22(20)26)24(28)30-6-2/h7-13H,5-6,14H2,1-4H3. The quantitative estimate of drug-likeness (QED) is 0.577. The Morgan fingerprint density at radius 2 is 1.30 bits per heavy atom. The molecule has 6 nitrogen and oxygen atoms in total. The normalized spacial score (nSPS) is 10.8. The van der Waals surface area contributed by atoms with Crippen LogP contribution in [-0.4, -0.2) is 29.7 Å². The molecule has 0 radical (unpaired) electrons. The molecular weight excluding hydrogens is 382 g/mol. The largest absolute Gasteiger partial charge is 0.462 e. The predicted molar refractivity (Wildman–Crippen MR) is 115 cm³/mol. The molecule has 0 aliphatic carbocycles. The van der Waals surface area contributed by atoms with Crippen LogP contribution in [-0.2, 0) is 16.0 Å². The smallest absolute Gasteiger partial charge is 0.342 e. The van der Waals surface area contributed by atoms with Crippen LogP contribution in [0.1, 0.15) is 51.5 Å². The summed E-state index contributed by atoms with van der Waals surface area (Å²) in [7, 11) is 0. The SMILES string of the molecule is CCOC(=O)c1cc2c(C)n(Cc3ccccc3)c(C)c2cc(C(=O)OCC)c1=O. The molecule has 30 heavy (non-hydrogen) atoms. The lowest BCUT2D eigenvalue weighted by atomic mass is 10.2. The van der Waals surface area contributed by atoms with Crippen molar-refractivity contribution >= 4 is 22.7 Å². The number of fused-ring (bicyclic) bond motifs is 1. The second-order valence-electron chi connectivity index (χ2n) is 6.96. The number of rotatable bonds is 6. The third kappa shape index (κ3) is 3.99. The zero-order valence-corrected chi connectivity index (χ0v) is 17.7. The highest BCUT2D eigenvalue weighted by Gasteiger charge is 2.22. The van der Waals surface area contributed by atoms with Gasteiger partial charge >= 0.3 is 11.9 Å². The molecule has 3 rings (SSSR count). The molecule has 0 aliphatic heterocycles. The zero-order chi connectivity index (χ0) is 21.8. The summed E-state index contributed by atoms with van der Waals surface area (Å²) in [5, 5.41) is 1.44. The molecule has 1 heterocycles. The molecule has 6 heteroatoms. The molecule has 0 amide bonds. The zero-order valence-electron chi connectivity index (χ0n) is 17.7. The van der Waals surface area contributed by atoms with Crippen LogP contribution >= 0.6 is 0 Å². The average Bonchev–Trinajstić information content (AvgIpc) is 2.86. The Hall–Kier alpha value is -3.41. The molecule has 0 N–H and O–H groups in total. The molecule has 0 atom stereocenters. The number of carbonyl (C=O) groups is 2. The van der Waals surface area contributed by atoms with Crippen molar-refractivity contribution in [3.63, 3.8) is 0 Å². The van der Waals surface area contributed by atoms with Crippen LogP contribution in [0.25, 0.3) is 10.8 Å². The number of hydrogen-bond acceptors (Lipinski definition) is 5. The van der Waals surface area contributed by atoms with Gasteiger partial charge in [-0.3, -0.25) is 4.79 Å². The number of aromatic nitrogens is 1. The van der Waals surface area contributed by atoms with Crippen LogP contribution in [0.4, 0.5) is 0 Å². The van der Waals surface area contributed by atoms with E-state index in [2.05, 4.69) is 4.57 Å². The predicted octanol–water partition coefficient (Wildman–Crippen LogP) is 4.02. The van der Waals surface area contributed by atoms with Gasteiger partial charge in [0.15, 0.2) is 0 Å². The third-order valence-corrected chi connectivity index (χ3v) is 5.12. The second-order valence-corrected chi connectivity index (χ2v) is 6.96. The molecule has 3 aromatic rings. The molecule has 156 valence electrons. The lowest BCUT2D eigenvalue weighted by molar-refractivity contribution is 0.0523. The van der Waals surface area contributed by atoms with Gasteiger partial charge in [-0.05, 0) is 45.4 Å². The highest BCUT2D eigenvalue weighted by molar-refractivity contribution is 6.01. The van der Waals surface area contributed by atoms with Gasteiger partial charge in [0.1, 0.15) is 11.1 Å². The maximum absolute atomic E-state index is 13.0. The highest BCUT2D eigenvalue weighted by Crippen LogP contribution is 2.27. The van der Waals surface area contributed by atoms with E-state index in [9.17, 15) is 14.4 Å². The van der Waals surface area contributed by atoms with Gasteiger partial charge in [0.05, 0.1) is 13.2 Å². The van der Waals surface area contributed by atoms with Crippen molar-refractivity contribution in [1.82, 2.24) is 4.57 Å². The fraction of sp³-hybridized carbons (Fsp3) is 0.292. The fourth-order valence-electron chi connectivity index (χ4n) is 3.59. The molecule has 0 fully saturated rings. The van der Waals surface area contributed by atoms with Crippen LogP contribution in [0, 0.1) is 13.8 Å². The van der Waals surface area contributed by atoms with E-state index in [1.807, 2.05) is 44.2 Å². The second kappa shape index (κ2) is 8.95. The summed E-state index contributed by atoms with van der Waals surface area (Å²) in [5.41, 5.74) is 1.87. The topological polar surface area (TPSA) is 74.6 Å². The molecule has 0 spiro atoms. The molecule has 0 saturated heterocycles. The highest BCUT2D eigenvalue weighted by atomic mass is 16.5. The van der Waals surface area contributed by atoms with E-state index < -0.39 is 17.4 Å². The Bertz CT molecular complexity index is 1090. The van der Waals surface area contributed by atoms with Crippen molar-refractivity contribution < 1.29 is 19.1 Å². The Labute approximate surface area is 175 Å². The van der Waals surface area contributed by atoms with E-state index in [0.29, 0.717) is 6.54 Å². The van der Waals surface area contributed by atoms with Crippen molar-refractivity contribution in [2.24, 2.45) is 0 Å². The lowest BCUT2D eigenvalue weighted by Gasteiger charge is -2.09. The summed E-state index contributed by atoms with van der Waals surface area (Å²) in [6.45, 7) is 8.08. The summed E-state index contributed by atoms with van der Waals surface area (Å²) < 4.78 is 12.2. The van der Waals surface area contributed by atoms with Gasteiger partial charge < -0.3 is 14.0 Å². The number of nitrogens with zero attached hydrogens (tertiary/aromatic N) is 1. The molecule has 1 aromatic heterocycles. The van der Waals surface area contributed by atoms with Gasteiger partial charge in [-0.25, -0.2) is 9.59 Å². The Kier molecular flexibility index (Phi) is 6.35. The van der Waals surface area contributed by atoms with Crippen molar-refractivity contribution in [1.29, 1.82) is 0 Å². The van der Waals surface area contributed by atoms with Gasteiger partial charge in [0.2, 0.25) is 5.43 Å². The first-order valence-electron chi connectivity index (χ1n) is 9.94. The van der Waals surface area contributed by atoms with Gasteiger partial charge in [-0.2, -0.15) is 0 Å². The minimum atomic E-state index is -0.751. The summed E-state index contributed by atoms with van der Waals surface area (Å²) in [5.74, 6) is -1.50. The Balaban J connectivity index is 2.31. The number of carbonyl (C=O) groups excluding carboxylic acids is 2. The van der Waals surface area contributed by atoms with Crippen molar-refractivity contribution in [2.45, 2.75) is 34.2 Å². The molecule has 0 unspecified atom stereocenters. The summed E-state index contributed by atoms with van der Waals surface area (Å²) in [6.07, 6.45) is 0. The first-order chi connectivity index (χ1) is 14.4. The van der Waals surface area contributed by atoms with Crippen molar-refractivity contribution in [2.75, 3.05) is 13.2 Å². The molecule has 0 saturated carbocycles.